The maximum atomic E-state index is 14.1. The summed E-state index contributed by atoms with van der Waals surface area (Å²) >= 11 is 0. The summed E-state index contributed by atoms with van der Waals surface area (Å²) in [6.07, 6.45) is -0.0383. The Morgan fingerprint density at radius 3 is 1.93 bits per heavy atom. The molecule has 1 aliphatic rings. The van der Waals surface area contributed by atoms with Gasteiger partial charge in [-0.2, -0.15) is 0 Å². The summed E-state index contributed by atoms with van der Waals surface area (Å²) < 4.78 is 21.7. The van der Waals surface area contributed by atoms with E-state index in [1.54, 1.807) is 18.2 Å². The van der Waals surface area contributed by atoms with Gasteiger partial charge < -0.3 is 9.84 Å². The fraction of sp³-hybridized carbons (Fsp3) is 0.189. The lowest BCUT2D eigenvalue weighted by molar-refractivity contribution is -0.151. The quantitative estimate of drug-likeness (QED) is 0.213. The van der Waals surface area contributed by atoms with Crippen molar-refractivity contribution in [2.24, 2.45) is 0 Å². The van der Waals surface area contributed by atoms with Crippen LogP contribution < -0.4 is 11.2 Å². The molecule has 2 atom stereocenters. The predicted octanol–water partition coefficient (Wildman–Crippen LogP) is 4.45. The highest BCUT2D eigenvalue weighted by molar-refractivity contribution is 5.50. The molecule has 1 aromatic heterocycles. The molecule has 45 heavy (non-hydrogen) atoms. The maximum Gasteiger partial charge on any atom is 0.330 e. The van der Waals surface area contributed by atoms with Gasteiger partial charge in [-0.05, 0) is 28.3 Å². The number of hydrogen-bond acceptors (Lipinski definition) is 5. The van der Waals surface area contributed by atoms with E-state index in [1.165, 1.54) is 16.8 Å². The summed E-state index contributed by atoms with van der Waals surface area (Å²) in [6.45, 7) is 0.317. The second-order valence-corrected chi connectivity index (χ2v) is 10.9. The Labute approximate surface area is 260 Å². The first-order valence-electron chi connectivity index (χ1n) is 14.8. The zero-order valence-corrected chi connectivity index (χ0v) is 24.5. The average molecular weight is 602 g/mol. The van der Waals surface area contributed by atoms with Crippen LogP contribution in [-0.4, -0.2) is 45.4 Å². The van der Waals surface area contributed by atoms with Crippen LogP contribution in [0.1, 0.15) is 34.0 Å². The van der Waals surface area contributed by atoms with E-state index >= 15 is 0 Å². The molecular formula is C37H32FN3O4. The van der Waals surface area contributed by atoms with Crippen LogP contribution >= 0.6 is 0 Å². The van der Waals surface area contributed by atoms with E-state index in [9.17, 15) is 19.1 Å². The van der Waals surface area contributed by atoms with Gasteiger partial charge in [-0.15, -0.1) is 0 Å². The summed E-state index contributed by atoms with van der Waals surface area (Å²) in [5, 5.41) is 10.4. The van der Waals surface area contributed by atoms with Crippen LogP contribution in [0.25, 0.3) is 0 Å². The highest BCUT2D eigenvalue weighted by Crippen LogP contribution is 2.44. The van der Waals surface area contributed by atoms with E-state index in [1.807, 2.05) is 54.6 Å². The van der Waals surface area contributed by atoms with Gasteiger partial charge in [-0.1, -0.05) is 121 Å². The number of hydrogen-bond donors (Lipinski definition) is 2. The van der Waals surface area contributed by atoms with Gasteiger partial charge in [0, 0.05) is 25.7 Å². The van der Waals surface area contributed by atoms with E-state index < -0.39 is 29.1 Å². The predicted molar refractivity (Wildman–Crippen MR) is 170 cm³/mol. The first-order chi connectivity index (χ1) is 22.0. The number of nitrogens with zero attached hydrogens (tertiary/aromatic N) is 2. The second kappa shape index (κ2) is 13.3. The Morgan fingerprint density at radius 1 is 0.822 bits per heavy atom. The number of rotatable bonds is 7. The molecule has 4 aromatic carbocycles. The topological polar surface area (TPSA) is 87.6 Å². The van der Waals surface area contributed by atoms with E-state index in [-0.39, 0.29) is 31.0 Å². The van der Waals surface area contributed by atoms with Crippen molar-refractivity contribution in [1.29, 1.82) is 0 Å². The van der Waals surface area contributed by atoms with Crippen molar-refractivity contribution < 1.29 is 14.2 Å². The Morgan fingerprint density at radius 2 is 1.38 bits per heavy atom. The van der Waals surface area contributed by atoms with Crippen molar-refractivity contribution in [3.8, 4) is 11.8 Å². The van der Waals surface area contributed by atoms with Crippen LogP contribution in [0.3, 0.4) is 0 Å². The number of morpholine rings is 1. The van der Waals surface area contributed by atoms with Crippen molar-refractivity contribution in [1.82, 2.24) is 14.5 Å². The molecule has 1 fully saturated rings. The van der Waals surface area contributed by atoms with E-state index in [0.717, 1.165) is 16.7 Å². The van der Waals surface area contributed by atoms with E-state index in [2.05, 4.69) is 58.1 Å². The first-order valence-corrected chi connectivity index (χ1v) is 14.8. The summed E-state index contributed by atoms with van der Waals surface area (Å²) in [7, 11) is 0. The van der Waals surface area contributed by atoms with E-state index in [0.29, 0.717) is 12.1 Å². The molecule has 0 amide bonds. The molecule has 1 saturated heterocycles. The number of aromatic amines is 1. The van der Waals surface area contributed by atoms with Crippen LogP contribution in [-0.2, 0) is 16.7 Å². The largest absolute Gasteiger partial charge is 0.394 e. The van der Waals surface area contributed by atoms with E-state index in [4.69, 9.17) is 4.74 Å². The van der Waals surface area contributed by atoms with Gasteiger partial charge in [-0.25, -0.2) is 9.18 Å². The van der Waals surface area contributed by atoms with Gasteiger partial charge >= 0.3 is 5.69 Å². The Balaban J connectivity index is 1.45. The monoisotopic (exact) mass is 601 g/mol. The lowest BCUT2D eigenvalue weighted by Crippen LogP contribution is -2.58. The first kappa shape index (κ1) is 30.0. The number of ether oxygens (including phenoxy) is 1. The number of H-pyrrole nitrogens is 1. The van der Waals surface area contributed by atoms with Crippen LogP contribution in [0.5, 0.6) is 0 Å². The number of aromatic nitrogens is 2. The highest BCUT2D eigenvalue weighted by atomic mass is 19.1. The summed E-state index contributed by atoms with van der Waals surface area (Å²) in [4.78, 5) is 30.6. The van der Waals surface area contributed by atoms with Gasteiger partial charge in [0.05, 0.1) is 18.2 Å². The third-order valence-corrected chi connectivity index (χ3v) is 8.14. The molecule has 1 aliphatic heterocycles. The Hall–Kier alpha value is -5.07. The number of aliphatic hydroxyl groups excluding tert-OH is 1. The summed E-state index contributed by atoms with van der Waals surface area (Å²) in [5.41, 5.74) is 1.37. The molecule has 8 heteroatoms. The molecule has 0 aliphatic carbocycles. The minimum atomic E-state index is -0.872. The summed E-state index contributed by atoms with van der Waals surface area (Å²) in [6, 6.07) is 36.7. The summed E-state index contributed by atoms with van der Waals surface area (Å²) in [5.74, 6) is 5.27. The standard InChI is InChI=1S/C37H32FN3O4/c38-33-22-11-10-13-27(33)14-12-15-28-23-41(36(44)39-35(28)43)34-25-40(24-32(26-42)45-34)37(29-16-4-1-5-17-29,30-18-6-2-7-19-30)31-20-8-3-9-21-31/h1-11,13,16-23,32,34,42H,14,24-26H2,(H,39,43,44). The fourth-order valence-electron chi connectivity index (χ4n) is 6.10. The third-order valence-electron chi connectivity index (χ3n) is 8.14. The molecule has 6 rings (SSSR count). The van der Waals surface area contributed by atoms with Crippen LogP contribution in [0, 0.1) is 17.7 Å². The molecule has 0 radical (unpaired) electrons. The number of halogens is 1. The minimum absolute atomic E-state index is 0.0488. The molecule has 2 N–H and O–H groups in total. The highest BCUT2D eigenvalue weighted by Gasteiger charge is 2.46. The van der Waals surface area contributed by atoms with Crippen LogP contribution in [0.15, 0.2) is 131 Å². The van der Waals surface area contributed by atoms with Crippen molar-refractivity contribution in [2.45, 2.75) is 24.3 Å². The molecule has 0 bridgehead atoms. The van der Waals surface area contributed by atoms with Crippen LogP contribution in [0.4, 0.5) is 4.39 Å². The lowest BCUT2D eigenvalue weighted by Gasteiger charge is -2.50. The van der Waals surface area contributed by atoms with Gasteiger partial charge in [-0.3, -0.25) is 19.2 Å². The van der Waals surface area contributed by atoms with Gasteiger partial charge in [0.2, 0.25) is 0 Å². The van der Waals surface area contributed by atoms with Gasteiger partial charge in [0.1, 0.15) is 11.4 Å². The molecule has 7 nitrogen and oxygen atoms in total. The average Bonchev–Trinajstić information content (AvgIpc) is 3.08. The fourth-order valence-corrected chi connectivity index (χ4v) is 6.10. The number of nitrogens with one attached hydrogen (secondary N) is 1. The van der Waals surface area contributed by atoms with Gasteiger partial charge in [0.25, 0.3) is 5.56 Å². The smallest absolute Gasteiger partial charge is 0.330 e. The molecule has 226 valence electrons. The SMILES string of the molecule is O=c1[nH]c(=O)n(C2CN(C(c3ccccc3)(c3ccccc3)c3ccccc3)CC(CO)O2)cc1C#CCc1ccccc1F. The normalized spacial score (nSPS) is 16.9. The van der Waals surface area contributed by atoms with Crippen molar-refractivity contribution in [2.75, 3.05) is 19.7 Å². The Bertz CT molecular complexity index is 1840. The zero-order valence-electron chi connectivity index (χ0n) is 24.5. The maximum absolute atomic E-state index is 14.1. The van der Waals surface area contributed by atoms with Crippen molar-refractivity contribution in [3.63, 3.8) is 0 Å². The zero-order chi connectivity index (χ0) is 31.2. The molecule has 2 unspecified atom stereocenters. The lowest BCUT2D eigenvalue weighted by atomic mass is 9.75. The van der Waals surface area contributed by atoms with Crippen LogP contribution in [0.2, 0.25) is 0 Å². The Kier molecular flexibility index (Phi) is 8.85. The van der Waals surface area contributed by atoms with Crippen molar-refractivity contribution in [3.05, 3.63) is 176 Å². The molecule has 5 aromatic rings. The molecule has 0 spiro atoms. The second-order valence-electron chi connectivity index (χ2n) is 10.9. The number of benzene rings is 4. The molecular weight excluding hydrogens is 569 g/mol. The van der Waals surface area contributed by atoms with Crippen molar-refractivity contribution >= 4 is 0 Å². The molecule has 2 heterocycles. The molecule has 0 saturated carbocycles. The number of aliphatic hydroxyl groups is 1. The third kappa shape index (κ3) is 6.02. The van der Waals surface area contributed by atoms with Gasteiger partial charge in [0.15, 0.2) is 6.23 Å². The minimum Gasteiger partial charge on any atom is -0.394 e.